The van der Waals surface area contributed by atoms with E-state index in [4.69, 9.17) is 0 Å². The molecule has 3 nitrogen and oxygen atoms in total. The van der Waals surface area contributed by atoms with Gasteiger partial charge in [0, 0.05) is 23.3 Å². The highest BCUT2D eigenvalue weighted by molar-refractivity contribution is 7.09. The summed E-state index contributed by atoms with van der Waals surface area (Å²) in [5.41, 5.74) is 3.25. The Morgan fingerprint density at radius 1 is 0.963 bits per heavy atom. The molecule has 4 heteroatoms. The molecule has 1 amide bonds. The molecule has 1 atom stereocenters. The lowest BCUT2D eigenvalue weighted by Crippen LogP contribution is -2.38. The number of rotatable bonds is 7. The number of carbonyl (C=O) groups is 1. The van der Waals surface area contributed by atoms with E-state index in [1.54, 1.807) is 11.3 Å². The Labute approximate surface area is 165 Å². The molecule has 0 saturated heterocycles. The summed E-state index contributed by atoms with van der Waals surface area (Å²) >= 11 is 1.63. The molecular formula is C23H26N2OS. The highest BCUT2D eigenvalue weighted by Gasteiger charge is 2.23. The molecule has 140 valence electrons. The monoisotopic (exact) mass is 378 g/mol. The Morgan fingerprint density at radius 2 is 1.52 bits per heavy atom. The van der Waals surface area contributed by atoms with Gasteiger partial charge in [0.15, 0.2) is 0 Å². The topological polar surface area (TPSA) is 42.0 Å². The summed E-state index contributed by atoms with van der Waals surface area (Å²) in [5, 5.41) is 6.26. The molecular weight excluding hydrogens is 352 g/mol. The SMILES string of the molecule is CC(C)c1nc(CC(=O)NC(C)C(c2ccccc2)c2ccccc2)cs1. The molecule has 2 aromatic carbocycles. The van der Waals surface area contributed by atoms with Crippen molar-refractivity contribution in [1.82, 2.24) is 10.3 Å². The van der Waals surface area contributed by atoms with Gasteiger partial charge in [0.1, 0.15) is 0 Å². The van der Waals surface area contributed by atoms with Gasteiger partial charge in [-0.3, -0.25) is 4.79 Å². The van der Waals surface area contributed by atoms with Crippen molar-refractivity contribution in [2.45, 2.75) is 45.1 Å². The van der Waals surface area contributed by atoms with Gasteiger partial charge in [0.25, 0.3) is 0 Å². The Kier molecular flexibility index (Phi) is 6.40. The van der Waals surface area contributed by atoms with Gasteiger partial charge >= 0.3 is 0 Å². The first-order valence-electron chi connectivity index (χ1n) is 9.38. The number of amides is 1. The van der Waals surface area contributed by atoms with Gasteiger partial charge in [-0.05, 0) is 18.1 Å². The van der Waals surface area contributed by atoms with Crippen molar-refractivity contribution in [3.05, 3.63) is 87.9 Å². The predicted molar refractivity (Wildman–Crippen MR) is 112 cm³/mol. The molecule has 3 rings (SSSR count). The first-order chi connectivity index (χ1) is 13.0. The van der Waals surface area contributed by atoms with E-state index >= 15 is 0 Å². The maximum atomic E-state index is 12.6. The van der Waals surface area contributed by atoms with E-state index in [0.717, 1.165) is 10.7 Å². The zero-order valence-electron chi connectivity index (χ0n) is 16.1. The standard InChI is InChI=1S/C23H26N2OS/c1-16(2)23-25-20(15-27-23)14-21(26)24-17(3)22(18-10-6-4-7-11-18)19-12-8-5-9-13-19/h4-13,15-17,22H,14H2,1-3H3,(H,24,26). The summed E-state index contributed by atoms with van der Waals surface area (Å²) in [6.45, 7) is 6.31. The minimum absolute atomic E-state index is 0.0139. The fraction of sp³-hybridized carbons (Fsp3) is 0.304. The molecule has 1 aromatic heterocycles. The van der Waals surface area contributed by atoms with Crippen molar-refractivity contribution >= 4 is 17.2 Å². The summed E-state index contributed by atoms with van der Waals surface area (Å²) in [7, 11) is 0. The number of carbonyl (C=O) groups excluding carboxylic acids is 1. The molecule has 0 aliphatic heterocycles. The smallest absolute Gasteiger partial charge is 0.226 e. The zero-order valence-corrected chi connectivity index (χ0v) is 16.9. The minimum atomic E-state index is -0.0227. The van der Waals surface area contributed by atoms with Crippen LogP contribution in [-0.4, -0.2) is 16.9 Å². The fourth-order valence-electron chi connectivity index (χ4n) is 3.31. The van der Waals surface area contributed by atoms with E-state index in [9.17, 15) is 4.79 Å². The van der Waals surface area contributed by atoms with Gasteiger partial charge in [0.2, 0.25) is 5.91 Å². The van der Waals surface area contributed by atoms with Gasteiger partial charge < -0.3 is 5.32 Å². The first kappa shape index (κ1) is 19.3. The van der Waals surface area contributed by atoms with E-state index in [2.05, 4.69) is 55.3 Å². The molecule has 1 heterocycles. The molecule has 0 fully saturated rings. The largest absolute Gasteiger partial charge is 0.352 e. The van der Waals surface area contributed by atoms with Gasteiger partial charge in [-0.15, -0.1) is 11.3 Å². The molecule has 0 bridgehead atoms. The lowest BCUT2D eigenvalue weighted by atomic mass is 9.86. The third kappa shape index (κ3) is 5.04. The molecule has 0 spiro atoms. The molecule has 0 aliphatic rings. The Balaban J connectivity index is 1.74. The Morgan fingerprint density at radius 3 is 2.00 bits per heavy atom. The summed E-state index contributed by atoms with van der Waals surface area (Å²) < 4.78 is 0. The Bertz CT molecular complexity index is 819. The average molecular weight is 379 g/mol. The summed E-state index contributed by atoms with van der Waals surface area (Å²) in [6, 6.07) is 20.7. The summed E-state index contributed by atoms with van der Waals surface area (Å²) in [4.78, 5) is 17.2. The second kappa shape index (κ2) is 8.96. The molecule has 0 saturated carbocycles. The Hall–Kier alpha value is -2.46. The third-order valence-corrected chi connectivity index (χ3v) is 5.81. The van der Waals surface area contributed by atoms with Crippen LogP contribution in [0.5, 0.6) is 0 Å². The number of aromatic nitrogens is 1. The number of hydrogen-bond acceptors (Lipinski definition) is 3. The molecule has 27 heavy (non-hydrogen) atoms. The molecule has 1 unspecified atom stereocenters. The fourth-order valence-corrected chi connectivity index (χ4v) is 4.15. The van der Waals surface area contributed by atoms with Crippen LogP contribution < -0.4 is 5.32 Å². The summed E-state index contributed by atoms with van der Waals surface area (Å²) in [6.07, 6.45) is 0.323. The molecule has 3 aromatic rings. The van der Waals surface area contributed by atoms with Crippen LogP contribution in [0.25, 0.3) is 0 Å². The van der Waals surface area contributed by atoms with Crippen molar-refractivity contribution in [2.75, 3.05) is 0 Å². The number of nitrogens with zero attached hydrogens (tertiary/aromatic N) is 1. The lowest BCUT2D eigenvalue weighted by Gasteiger charge is -2.26. The highest BCUT2D eigenvalue weighted by Crippen LogP contribution is 2.28. The van der Waals surface area contributed by atoms with E-state index in [0.29, 0.717) is 12.3 Å². The van der Waals surface area contributed by atoms with Crippen LogP contribution in [0.15, 0.2) is 66.0 Å². The number of nitrogens with one attached hydrogen (secondary N) is 1. The molecule has 0 radical (unpaired) electrons. The highest BCUT2D eigenvalue weighted by atomic mass is 32.1. The van der Waals surface area contributed by atoms with Gasteiger partial charge in [0.05, 0.1) is 17.1 Å². The lowest BCUT2D eigenvalue weighted by molar-refractivity contribution is -0.121. The van der Waals surface area contributed by atoms with Crippen molar-refractivity contribution in [3.63, 3.8) is 0 Å². The second-order valence-corrected chi connectivity index (χ2v) is 8.05. The van der Waals surface area contributed by atoms with E-state index in [-0.39, 0.29) is 17.9 Å². The zero-order chi connectivity index (χ0) is 19.2. The first-order valence-corrected chi connectivity index (χ1v) is 10.3. The van der Waals surface area contributed by atoms with Crippen LogP contribution in [0.1, 0.15) is 54.4 Å². The number of benzene rings is 2. The maximum absolute atomic E-state index is 12.6. The van der Waals surface area contributed by atoms with Crippen molar-refractivity contribution < 1.29 is 4.79 Å². The van der Waals surface area contributed by atoms with Gasteiger partial charge in [-0.25, -0.2) is 4.98 Å². The number of thiazole rings is 1. The van der Waals surface area contributed by atoms with Crippen molar-refractivity contribution in [3.8, 4) is 0 Å². The van der Waals surface area contributed by atoms with Crippen LogP contribution in [0.2, 0.25) is 0 Å². The van der Waals surface area contributed by atoms with E-state index < -0.39 is 0 Å². The molecule has 1 N–H and O–H groups in total. The van der Waals surface area contributed by atoms with E-state index in [1.165, 1.54) is 11.1 Å². The quantitative estimate of drug-likeness (QED) is 0.618. The maximum Gasteiger partial charge on any atom is 0.226 e. The average Bonchev–Trinajstić information content (AvgIpc) is 3.12. The third-order valence-electron chi connectivity index (χ3n) is 4.61. The second-order valence-electron chi connectivity index (χ2n) is 7.16. The number of hydrogen-bond donors (Lipinski definition) is 1. The van der Waals surface area contributed by atoms with Crippen LogP contribution in [0.4, 0.5) is 0 Å². The van der Waals surface area contributed by atoms with Crippen LogP contribution in [-0.2, 0) is 11.2 Å². The normalized spacial score (nSPS) is 12.3. The van der Waals surface area contributed by atoms with Crippen LogP contribution in [0.3, 0.4) is 0 Å². The summed E-state index contributed by atoms with van der Waals surface area (Å²) in [5.74, 6) is 0.518. The van der Waals surface area contributed by atoms with Crippen LogP contribution in [0, 0.1) is 0 Å². The van der Waals surface area contributed by atoms with Gasteiger partial charge in [-0.2, -0.15) is 0 Å². The van der Waals surface area contributed by atoms with Crippen molar-refractivity contribution in [1.29, 1.82) is 0 Å². The van der Waals surface area contributed by atoms with Crippen molar-refractivity contribution in [2.24, 2.45) is 0 Å². The van der Waals surface area contributed by atoms with Crippen LogP contribution >= 0.6 is 11.3 Å². The van der Waals surface area contributed by atoms with Gasteiger partial charge in [-0.1, -0.05) is 74.5 Å². The molecule has 0 aliphatic carbocycles. The predicted octanol–water partition coefficient (Wildman–Crippen LogP) is 5.15. The van der Waals surface area contributed by atoms with E-state index in [1.807, 2.05) is 41.8 Å². The minimum Gasteiger partial charge on any atom is -0.352 e.